The van der Waals surface area contributed by atoms with E-state index in [1.54, 1.807) is 0 Å². The van der Waals surface area contributed by atoms with E-state index in [0.29, 0.717) is 6.54 Å². The van der Waals surface area contributed by atoms with Gasteiger partial charge in [0.1, 0.15) is 0 Å². The smallest absolute Gasteiger partial charge is 0.321 e. The maximum Gasteiger partial charge on any atom is 0.321 e. The predicted molar refractivity (Wildman–Crippen MR) is 57.5 cm³/mol. The van der Waals surface area contributed by atoms with Crippen LogP contribution in [0.15, 0.2) is 12.2 Å². The highest BCUT2D eigenvalue weighted by molar-refractivity contribution is 6.73. The highest BCUT2D eigenvalue weighted by Gasteiger charge is 2.33. The molecule has 6 radical (unpaired) electrons. The summed E-state index contributed by atoms with van der Waals surface area (Å²) in [6.07, 6.45) is 0.897. The van der Waals surface area contributed by atoms with Crippen molar-refractivity contribution in [3.8, 4) is 0 Å². The van der Waals surface area contributed by atoms with Gasteiger partial charge in [0.25, 0.3) is 0 Å². The van der Waals surface area contributed by atoms with Crippen LogP contribution in [0, 0.1) is 0 Å². The van der Waals surface area contributed by atoms with Gasteiger partial charge in [0.15, 0.2) is 0 Å². The summed E-state index contributed by atoms with van der Waals surface area (Å²) in [5.74, 6) is 0. The SMILES string of the molecule is C=C(C)C[Si](CCCN)(O[Si])O[Si]. The summed E-state index contributed by atoms with van der Waals surface area (Å²) in [4.78, 5) is 0. The van der Waals surface area contributed by atoms with E-state index in [9.17, 15) is 0 Å². The van der Waals surface area contributed by atoms with Crippen LogP contribution >= 0.6 is 0 Å². The molecule has 0 saturated carbocycles. The molecule has 0 aliphatic carbocycles. The third kappa shape index (κ3) is 4.89. The molecule has 2 N–H and O–H groups in total. The number of nitrogens with two attached hydrogens (primary N) is 1. The molecule has 3 nitrogen and oxygen atoms in total. The zero-order valence-corrected chi connectivity index (χ0v) is 10.9. The molecule has 0 heterocycles. The molecule has 0 bridgehead atoms. The Morgan fingerprint density at radius 1 is 1.46 bits per heavy atom. The first-order valence-electron chi connectivity index (χ1n) is 4.14. The largest absolute Gasteiger partial charge is 0.437 e. The third-order valence-electron chi connectivity index (χ3n) is 1.70. The highest BCUT2D eigenvalue weighted by Crippen LogP contribution is 2.22. The summed E-state index contributed by atoms with van der Waals surface area (Å²) in [6.45, 7) is 6.45. The lowest BCUT2D eigenvalue weighted by atomic mass is 10.4. The van der Waals surface area contributed by atoms with Crippen molar-refractivity contribution in [2.45, 2.75) is 25.4 Å². The summed E-state index contributed by atoms with van der Waals surface area (Å²) in [6, 6.07) is 1.61. The fraction of sp³-hybridized carbons (Fsp3) is 0.714. The second-order valence-electron chi connectivity index (χ2n) is 3.14. The van der Waals surface area contributed by atoms with E-state index >= 15 is 0 Å². The van der Waals surface area contributed by atoms with Gasteiger partial charge in [0.05, 0.1) is 0 Å². The number of hydrogen-bond acceptors (Lipinski definition) is 3. The molecule has 0 aromatic carbocycles. The Hall–Kier alpha value is 0.271. The van der Waals surface area contributed by atoms with Crippen LogP contribution in [0.25, 0.3) is 0 Å². The minimum absolute atomic E-state index is 0.649. The van der Waals surface area contributed by atoms with Crippen molar-refractivity contribution in [2.24, 2.45) is 5.73 Å². The molecule has 13 heavy (non-hydrogen) atoms. The topological polar surface area (TPSA) is 44.5 Å². The summed E-state index contributed by atoms with van der Waals surface area (Å²) in [5.41, 5.74) is 6.49. The first-order chi connectivity index (χ1) is 6.10. The van der Waals surface area contributed by atoms with Gasteiger partial charge in [-0.15, -0.1) is 6.58 Å². The summed E-state index contributed by atoms with van der Waals surface area (Å²) in [7, 11) is 3.95. The molecule has 0 aromatic rings. The van der Waals surface area contributed by atoms with Crippen molar-refractivity contribution < 1.29 is 8.23 Å². The molecule has 0 aliphatic heterocycles. The fourth-order valence-electron chi connectivity index (χ4n) is 1.11. The maximum absolute atomic E-state index is 5.43. The lowest BCUT2D eigenvalue weighted by molar-refractivity contribution is 0.420. The zero-order chi connectivity index (χ0) is 10.3. The van der Waals surface area contributed by atoms with Crippen molar-refractivity contribution >= 4 is 29.5 Å². The van der Waals surface area contributed by atoms with E-state index in [0.717, 1.165) is 24.1 Å². The molecule has 72 valence electrons. The van der Waals surface area contributed by atoms with Crippen molar-refractivity contribution in [2.75, 3.05) is 6.54 Å². The van der Waals surface area contributed by atoms with Crippen LogP contribution in [-0.4, -0.2) is 36.1 Å². The molecule has 0 unspecified atom stereocenters. The monoisotopic (exact) mass is 229 g/mol. The second-order valence-corrected chi connectivity index (χ2v) is 7.45. The molecule has 0 spiro atoms. The van der Waals surface area contributed by atoms with Gasteiger partial charge in [-0.3, -0.25) is 0 Å². The number of hydrogen-bond donors (Lipinski definition) is 1. The van der Waals surface area contributed by atoms with Crippen LogP contribution < -0.4 is 5.73 Å². The molecule has 0 aliphatic rings. The Bertz CT molecular complexity index is 162. The van der Waals surface area contributed by atoms with Gasteiger partial charge in [0.2, 0.25) is 21.0 Å². The van der Waals surface area contributed by atoms with Crippen LogP contribution in [0.2, 0.25) is 12.1 Å². The van der Waals surface area contributed by atoms with E-state index in [2.05, 4.69) is 27.6 Å². The molecule has 0 aromatic heterocycles. The Morgan fingerprint density at radius 2 is 2.00 bits per heavy atom. The van der Waals surface area contributed by atoms with Gasteiger partial charge in [-0.25, -0.2) is 0 Å². The van der Waals surface area contributed by atoms with Crippen molar-refractivity contribution in [1.29, 1.82) is 0 Å². The molecule has 0 fully saturated rings. The van der Waals surface area contributed by atoms with Crippen molar-refractivity contribution in [3.05, 3.63) is 12.2 Å². The minimum Gasteiger partial charge on any atom is -0.437 e. The molecule has 0 rings (SSSR count). The van der Waals surface area contributed by atoms with Gasteiger partial charge in [0, 0.05) is 6.04 Å². The predicted octanol–water partition coefficient (Wildman–Crippen LogP) is 0.554. The Kier molecular flexibility index (Phi) is 6.82. The van der Waals surface area contributed by atoms with Gasteiger partial charge in [-0.1, -0.05) is 5.57 Å². The normalized spacial score (nSPS) is 11.7. The van der Waals surface area contributed by atoms with E-state index in [4.69, 9.17) is 14.0 Å². The molecule has 0 amide bonds. The zero-order valence-electron chi connectivity index (χ0n) is 7.93. The minimum atomic E-state index is -2.18. The summed E-state index contributed by atoms with van der Waals surface area (Å²) >= 11 is 0. The molecular weight excluding hydrogens is 214 g/mol. The van der Waals surface area contributed by atoms with Gasteiger partial charge < -0.3 is 14.0 Å². The van der Waals surface area contributed by atoms with Crippen LogP contribution in [0.3, 0.4) is 0 Å². The third-order valence-corrected chi connectivity index (χ3v) is 6.94. The first-order valence-corrected chi connectivity index (χ1v) is 7.19. The standard InChI is InChI=1S/C7H15NO2Si3/c1-7(2)6-13(9-11,10-12)5-3-4-8/h1,3-6,8H2,2H3. The number of rotatable bonds is 7. The van der Waals surface area contributed by atoms with Crippen molar-refractivity contribution in [1.82, 2.24) is 0 Å². The second kappa shape index (κ2) is 6.68. The quantitative estimate of drug-likeness (QED) is 0.512. The fourth-order valence-corrected chi connectivity index (χ4v) is 4.89. The lowest BCUT2D eigenvalue weighted by Crippen LogP contribution is -2.41. The van der Waals surface area contributed by atoms with Crippen LogP contribution in [-0.2, 0) is 8.23 Å². The summed E-state index contributed by atoms with van der Waals surface area (Å²) < 4.78 is 10.5. The Balaban J connectivity index is 4.21. The number of allylic oxidation sites excluding steroid dienone is 1. The van der Waals surface area contributed by atoms with Gasteiger partial charge in [-0.05, 0) is 25.9 Å². The van der Waals surface area contributed by atoms with Crippen LogP contribution in [0.1, 0.15) is 13.3 Å². The van der Waals surface area contributed by atoms with Crippen LogP contribution in [0.4, 0.5) is 0 Å². The maximum atomic E-state index is 5.43. The molecule has 6 heteroatoms. The lowest BCUT2D eigenvalue weighted by Gasteiger charge is -2.28. The first kappa shape index (κ1) is 13.3. The van der Waals surface area contributed by atoms with Crippen molar-refractivity contribution in [3.63, 3.8) is 0 Å². The van der Waals surface area contributed by atoms with E-state index in [-0.39, 0.29) is 0 Å². The average molecular weight is 229 g/mol. The van der Waals surface area contributed by atoms with E-state index in [1.165, 1.54) is 0 Å². The van der Waals surface area contributed by atoms with Crippen LogP contribution in [0.5, 0.6) is 0 Å². The van der Waals surface area contributed by atoms with Gasteiger partial charge in [-0.2, -0.15) is 0 Å². The Morgan fingerprint density at radius 3 is 2.31 bits per heavy atom. The average Bonchev–Trinajstić information content (AvgIpc) is 2.12. The summed E-state index contributed by atoms with van der Waals surface area (Å²) in [5, 5.41) is 0. The van der Waals surface area contributed by atoms with E-state index < -0.39 is 8.56 Å². The Labute approximate surface area is 88.0 Å². The molecule has 0 saturated heterocycles. The molecular formula is C7H15NO2Si3. The van der Waals surface area contributed by atoms with Gasteiger partial charge >= 0.3 is 8.56 Å². The molecule has 0 atom stereocenters. The van der Waals surface area contributed by atoms with E-state index in [1.807, 2.05) is 6.92 Å². The highest BCUT2D eigenvalue weighted by atomic mass is 28.4.